The maximum Gasteiger partial charge on any atom is 0.261 e. The van der Waals surface area contributed by atoms with Crippen LogP contribution in [0.3, 0.4) is 0 Å². The molecule has 0 spiro atoms. The number of ether oxygens (including phenoxy) is 1. The molecule has 30 heavy (non-hydrogen) atoms. The van der Waals surface area contributed by atoms with Gasteiger partial charge in [-0.2, -0.15) is 0 Å². The van der Waals surface area contributed by atoms with Gasteiger partial charge < -0.3 is 15.0 Å². The molecule has 0 radical (unpaired) electrons. The Hall–Kier alpha value is -1.76. The molecule has 0 saturated heterocycles. The van der Waals surface area contributed by atoms with Gasteiger partial charge in [0.2, 0.25) is 5.91 Å². The topological polar surface area (TPSA) is 58.6 Å². The number of rotatable bonds is 9. The minimum atomic E-state index is -0.623. The third kappa shape index (κ3) is 6.62. The van der Waals surface area contributed by atoms with Crippen molar-refractivity contribution in [3.8, 4) is 5.75 Å². The average Bonchev–Trinajstić information content (AvgIpc) is 2.71. The summed E-state index contributed by atoms with van der Waals surface area (Å²) >= 11 is 15.6. The molecule has 5 nitrogen and oxygen atoms in total. The van der Waals surface area contributed by atoms with Gasteiger partial charge in [-0.05, 0) is 61.7 Å². The predicted molar refractivity (Wildman–Crippen MR) is 124 cm³/mol. The second kappa shape index (κ2) is 11.6. The summed E-state index contributed by atoms with van der Waals surface area (Å²) in [6.45, 7) is 6.17. The largest absolute Gasteiger partial charge is 0.484 e. The standard InChI is InChI=1S/C22H25BrCl2N2O3/c1-4-20(22(29)26-5-2)27(12-15-6-9-18(24)19(25)11-15)21(28)13-30-16-7-8-17(23)14(3)10-16/h6-11,20H,4-5,12-13H2,1-3H3,(H,26,29). The predicted octanol–water partition coefficient (Wildman–Crippen LogP) is 5.39. The number of halogens is 3. The van der Waals surface area contributed by atoms with E-state index in [0.717, 1.165) is 15.6 Å². The summed E-state index contributed by atoms with van der Waals surface area (Å²) in [6, 6.07) is 10.0. The van der Waals surface area contributed by atoms with E-state index in [1.807, 2.05) is 32.9 Å². The monoisotopic (exact) mass is 514 g/mol. The van der Waals surface area contributed by atoms with E-state index < -0.39 is 6.04 Å². The zero-order chi connectivity index (χ0) is 22.3. The Balaban J connectivity index is 2.23. The van der Waals surface area contributed by atoms with Crippen LogP contribution in [0.2, 0.25) is 10.0 Å². The highest BCUT2D eigenvalue weighted by Gasteiger charge is 2.28. The molecule has 8 heteroatoms. The Morgan fingerprint density at radius 2 is 1.87 bits per heavy atom. The van der Waals surface area contributed by atoms with Crippen LogP contribution >= 0.6 is 39.1 Å². The molecule has 0 bridgehead atoms. The van der Waals surface area contributed by atoms with E-state index in [0.29, 0.717) is 28.8 Å². The number of hydrogen-bond donors (Lipinski definition) is 1. The van der Waals surface area contributed by atoms with Gasteiger partial charge in [0.05, 0.1) is 10.0 Å². The van der Waals surface area contributed by atoms with Gasteiger partial charge in [-0.25, -0.2) is 0 Å². The van der Waals surface area contributed by atoms with Gasteiger partial charge in [-0.3, -0.25) is 9.59 Å². The Morgan fingerprint density at radius 3 is 2.47 bits per heavy atom. The molecule has 0 saturated carbocycles. The first-order valence-electron chi connectivity index (χ1n) is 9.66. The van der Waals surface area contributed by atoms with Gasteiger partial charge in [-0.1, -0.05) is 52.1 Å². The average molecular weight is 516 g/mol. The molecule has 0 aliphatic heterocycles. The minimum Gasteiger partial charge on any atom is -0.484 e. The molecule has 2 aromatic rings. The third-order valence-electron chi connectivity index (χ3n) is 4.57. The first-order chi connectivity index (χ1) is 14.3. The number of likely N-dealkylation sites (N-methyl/N-ethyl adjacent to an activating group) is 1. The van der Waals surface area contributed by atoms with Crippen molar-refractivity contribution in [1.29, 1.82) is 0 Å². The van der Waals surface area contributed by atoms with Crippen molar-refractivity contribution in [2.24, 2.45) is 0 Å². The summed E-state index contributed by atoms with van der Waals surface area (Å²) in [6.07, 6.45) is 0.469. The molecular formula is C22H25BrCl2N2O3. The molecule has 0 aliphatic rings. The molecule has 162 valence electrons. The summed E-state index contributed by atoms with van der Waals surface area (Å²) in [5.74, 6) is 0.0947. The SMILES string of the molecule is CCNC(=O)C(CC)N(Cc1ccc(Cl)c(Cl)c1)C(=O)COc1ccc(Br)c(C)c1. The zero-order valence-corrected chi connectivity index (χ0v) is 20.3. The number of benzene rings is 2. The first-order valence-corrected chi connectivity index (χ1v) is 11.2. The third-order valence-corrected chi connectivity index (χ3v) is 6.19. The van der Waals surface area contributed by atoms with Gasteiger partial charge in [-0.15, -0.1) is 0 Å². The van der Waals surface area contributed by atoms with E-state index >= 15 is 0 Å². The van der Waals surface area contributed by atoms with Crippen LogP contribution in [0.1, 0.15) is 31.4 Å². The van der Waals surface area contributed by atoms with Crippen molar-refractivity contribution >= 4 is 50.9 Å². The number of nitrogens with one attached hydrogen (secondary N) is 1. The lowest BCUT2D eigenvalue weighted by Crippen LogP contribution is -2.50. The number of carbonyl (C=O) groups is 2. The molecule has 0 heterocycles. The van der Waals surface area contributed by atoms with Gasteiger partial charge in [0.15, 0.2) is 6.61 Å². The molecule has 2 amide bonds. The Kier molecular flexibility index (Phi) is 9.46. The van der Waals surface area contributed by atoms with Crippen molar-refractivity contribution in [1.82, 2.24) is 10.2 Å². The molecule has 0 fully saturated rings. The lowest BCUT2D eigenvalue weighted by molar-refractivity contribution is -0.142. The fourth-order valence-corrected chi connectivity index (χ4v) is 3.55. The van der Waals surface area contributed by atoms with Crippen LogP contribution < -0.4 is 10.1 Å². The smallest absolute Gasteiger partial charge is 0.261 e. The van der Waals surface area contributed by atoms with Crippen LogP contribution in [-0.2, 0) is 16.1 Å². The maximum atomic E-state index is 13.1. The summed E-state index contributed by atoms with van der Waals surface area (Å²) < 4.78 is 6.67. The highest BCUT2D eigenvalue weighted by atomic mass is 79.9. The normalized spacial score (nSPS) is 11.7. The molecule has 0 aromatic heterocycles. The van der Waals surface area contributed by atoms with E-state index in [1.54, 1.807) is 24.3 Å². The first kappa shape index (κ1) is 24.5. The van der Waals surface area contributed by atoms with Crippen LogP contribution in [0, 0.1) is 6.92 Å². The fourth-order valence-electron chi connectivity index (χ4n) is 2.98. The molecule has 2 aromatic carbocycles. The number of aryl methyl sites for hydroxylation is 1. The second-order valence-corrected chi connectivity index (χ2v) is 8.46. The maximum absolute atomic E-state index is 13.1. The fraction of sp³-hybridized carbons (Fsp3) is 0.364. The van der Waals surface area contributed by atoms with Crippen LogP contribution in [0.15, 0.2) is 40.9 Å². The van der Waals surface area contributed by atoms with E-state index in [9.17, 15) is 9.59 Å². The lowest BCUT2D eigenvalue weighted by atomic mass is 10.1. The lowest BCUT2D eigenvalue weighted by Gasteiger charge is -2.30. The van der Waals surface area contributed by atoms with Crippen LogP contribution in [-0.4, -0.2) is 35.9 Å². The molecule has 1 N–H and O–H groups in total. The number of carbonyl (C=O) groups excluding carboxylic acids is 2. The summed E-state index contributed by atoms with van der Waals surface area (Å²) in [5.41, 5.74) is 1.78. The van der Waals surface area contributed by atoms with E-state index in [2.05, 4.69) is 21.2 Å². The van der Waals surface area contributed by atoms with E-state index in [-0.39, 0.29) is 25.0 Å². The van der Waals surface area contributed by atoms with Gasteiger partial charge in [0.1, 0.15) is 11.8 Å². The van der Waals surface area contributed by atoms with E-state index in [4.69, 9.17) is 27.9 Å². The molecule has 1 atom stereocenters. The number of nitrogens with zero attached hydrogens (tertiary/aromatic N) is 1. The van der Waals surface area contributed by atoms with Gasteiger partial charge in [0.25, 0.3) is 5.91 Å². The number of hydrogen-bond acceptors (Lipinski definition) is 3. The second-order valence-electron chi connectivity index (χ2n) is 6.79. The van der Waals surface area contributed by atoms with Crippen molar-refractivity contribution < 1.29 is 14.3 Å². The molecule has 2 rings (SSSR count). The summed E-state index contributed by atoms with van der Waals surface area (Å²) in [4.78, 5) is 27.2. The van der Waals surface area contributed by atoms with Crippen molar-refractivity contribution in [3.05, 3.63) is 62.0 Å². The highest BCUT2D eigenvalue weighted by Crippen LogP contribution is 2.25. The van der Waals surface area contributed by atoms with Gasteiger partial charge >= 0.3 is 0 Å². The van der Waals surface area contributed by atoms with Crippen LogP contribution in [0.25, 0.3) is 0 Å². The van der Waals surface area contributed by atoms with Gasteiger partial charge in [0, 0.05) is 17.6 Å². The Morgan fingerprint density at radius 1 is 1.13 bits per heavy atom. The quantitative estimate of drug-likeness (QED) is 0.487. The molecular weight excluding hydrogens is 491 g/mol. The zero-order valence-electron chi connectivity index (χ0n) is 17.2. The minimum absolute atomic E-state index is 0.182. The summed E-state index contributed by atoms with van der Waals surface area (Å²) in [7, 11) is 0. The van der Waals surface area contributed by atoms with Crippen LogP contribution in [0.4, 0.5) is 0 Å². The van der Waals surface area contributed by atoms with Crippen LogP contribution in [0.5, 0.6) is 5.75 Å². The highest BCUT2D eigenvalue weighted by molar-refractivity contribution is 9.10. The van der Waals surface area contributed by atoms with E-state index in [1.165, 1.54) is 4.90 Å². The van der Waals surface area contributed by atoms with Crippen molar-refractivity contribution in [2.45, 2.75) is 39.8 Å². The molecule has 1 unspecified atom stereocenters. The van der Waals surface area contributed by atoms with Crippen molar-refractivity contribution in [3.63, 3.8) is 0 Å². The Labute approximate surface area is 195 Å². The summed E-state index contributed by atoms with van der Waals surface area (Å²) in [5, 5.41) is 3.63. The van der Waals surface area contributed by atoms with Crippen molar-refractivity contribution in [2.75, 3.05) is 13.2 Å². The number of amides is 2. The molecule has 0 aliphatic carbocycles. The Bertz CT molecular complexity index is 908.